The van der Waals surface area contributed by atoms with Gasteiger partial charge in [0.05, 0.1) is 11.4 Å². The molecule has 8 heteroatoms. The van der Waals surface area contributed by atoms with Crippen molar-refractivity contribution in [3.05, 3.63) is 59.2 Å². The first-order valence-electron chi connectivity index (χ1n) is 9.24. The number of aromatic nitrogens is 2. The fraction of sp³-hybridized carbons (Fsp3) is 0.381. The highest BCUT2D eigenvalue weighted by molar-refractivity contribution is 9.09. The molecule has 0 spiro atoms. The van der Waals surface area contributed by atoms with E-state index in [-0.39, 0.29) is 16.9 Å². The van der Waals surface area contributed by atoms with Crippen LogP contribution in [-0.4, -0.2) is 42.7 Å². The van der Waals surface area contributed by atoms with Crippen molar-refractivity contribution in [3.8, 4) is 0 Å². The quantitative estimate of drug-likeness (QED) is 0.330. The van der Waals surface area contributed by atoms with Gasteiger partial charge in [0.15, 0.2) is 0 Å². The molecule has 1 aromatic carbocycles. The van der Waals surface area contributed by atoms with Crippen LogP contribution in [0.2, 0.25) is 0 Å². The molecule has 0 atom stereocenters. The maximum absolute atomic E-state index is 13.4. The molecule has 1 heterocycles. The Balaban J connectivity index is 0.00000204. The van der Waals surface area contributed by atoms with Crippen molar-refractivity contribution in [1.29, 1.82) is 0 Å². The van der Waals surface area contributed by atoms with Crippen LogP contribution in [0, 0.1) is 11.7 Å². The van der Waals surface area contributed by atoms with E-state index in [9.17, 15) is 12.8 Å². The van der Waals surface area contributed by atoms with E-state index in [1.807, 2.05) is 27.7 Å². The number of hydrogen-bond acceptors (Lipinski definition) is 5. The Morgan fingerprint density at radius 1 is 1.17 bits per heavy atom. The lowest BCUT2D eigenvalue weighted by atomic mass is 9.90. The zero-order valence-corrected chi connectivity index (χ0v) is 20.0. The Hall–Kier alpha value is -1.93. The Morgan fingerprint density at radius 3 is 2.21 bits per heavy atom. The van der Waals surface area contributed by atoms with E-state index in [1.165, 1.54) is 18.3 Å². The molecule has 0 aliphatic carbocycles. The van der Waals surface area contributed by atoms with Gasteiger partial charge in [0.2, 0.25) is 15.0 Å². The number of sulfone groups is 1. The molecule has 1 aromatic heterocycles. The first kappa shape index (κ1) is 25.1. The van der Waals surface area contributed by atoms with Crippen molar-refractivity contribution in [2.45, 2.75) is 32.9 Å². The summed E-state index contributed by atoms with van der Waals surface area (Å²) in [7, 11) is -1.92. The molecular formula is C21H27BrFN3O2S. The first-order chi connectivity index (χ1) is 13.7. The minimum atomic E-state index is -3.56. The van der Waals surface area contributed by atoms with Gasteiger partial charge in [-0.3, -0.25) is 4.99 Å². The Labute approximate surface area is 181 Å². The molecule has 158 valence electrons. The summed E-state index contributed by atoms with van der Waals surface area (Å²) < 4.78 is 37.2. The summed E-state index contributed by atoms with van der Waals surface area (Å²) in [4.78, 5) is 12.6. The third-order valence-electron chi connectivity index (χ3n) is 3.96. The molecule has 0 radical (unpaired) electrons. The van der Waals surface area contributed by atoms with Crippen molar-refractivity contribution in [2.75, 3.05) is 18.6 Å². The summed E-state index contributed by atoms with van der Waals surface area (Å²) in [5, 5.41) is 0.308. The third-order valence-corrected chi connectivity index (χ3v) is 5.43. The normalized spacial score (nSPS) is 12.9. The highest BCUT2D eigenvalue weighted by Gasteiger charge is 2.22. The molecule has 0 amide bonds. The average molecular weight is 484 g/mol. The number of nitrogens with zero attached hydrogens (tertiary/aromatic N) is 3. The second-order valence-electron chi connectivity index (χ2n) is 6.26. The Kier molecular flexibility index (Phi) is 9.79. The summed E-state index contributed by atoms with van der Waals surface area (Å²) in [6.45, 7) is 8.07. The molecule has 0 aliphatic rings. The molecule has 0 saturated carbocycles. The Bertz CT molecular complexity index is 985. The molecule has 0 saturated heterocycles. The number of alkyl halides is 1. The first-order valence-corrected chi connectivity index (χ1v) is 12.3. The lowest BCUT2D eigenvalue weighted by molar-refractivity contribution is 0.592. The number of benzene rings is 1. The molecule has 29 heavy (non-hydrogen) atoms. The van der Waals surface area contributed by atoms with Crippen molar-refractivity contribution in [2.24, 2.45) is 10.9 Å². The van der Waals surface area contributed by atoms with Gasteiger partial charge in [-0.2, -0.15) is 0 Å². The lowest BCUT2D eigenvalue weighted by Crippen LogP contribution is -2.14. The van der Waals surface area contributed by atoms with Gasteiger partial charge in [-0.1, -0.05) is 43.6 Å². The molecule has 2 rings (SSSR count). The highest BCUT2D eigenvalue weighted by Crippen LogP contribution is 2.29. The van der Waals surface area contributed by atoms with Crippen molar-refractivity contribution >= 4 is 37.1 Å². The van der Waals surface area contributed by atoms with Gasteiger partial charge in [-0.15, -0.1) is 0 Å². The fourth-order valence-corrected chi connectivity index (χ4v) is 4.04. The second-order valence-corrected chi connectivity index (χ2v) is 8.73. The molecule has 2 aromatic rings. The molecular weight excluding hydrogens is 457 g/mol. The SMILES string of the molecule is CC.CN=C(/C(=C(/CBr)C(C)C)c1ccnc(S(C)(=O)=O)n1)c1ccc(F)cc1. The van der Waals surface area contributed by atoms with Crippen molar-refractivity contribution in [1.82, 2.24) is 9.97 Å². The van der Waals surface area contributed by atoms with Crippen LogP contribution >= 0.6 is 15.9 Å². The maximum atomic E-state index is 13.4. The molecule has 0 aliphatic heterocycles. The van der Waals surface area contributed by atoms with Crippen molar-refractivity contribution in [3.63, 3.8) is 0 Å². The monoisotopic (exact) mass is 483 g/mol. The summed E-state index contributed by atoms with van der Waals surface area (Å²) in [6, 6.07) is 7.67. The number of rotatable bonds is 6. The molecule has 0 fully saturated rings. The van der Waals surface area contributed by atoms with E-state index >= 15 is 0 Å². The van der Waals surface area contributed by atoms with E-state index in [0.717, 1.165) is 11.8 Å². The van der Waals surface area contributed by atoms with Gasteiger partial charge < -0.3 is 0 Å². The van der Waals surface area contributed by atoms with E-state index < -0.39 is 9.84 Å². The van der Waals surface area contributed by atoms with Gasteiger partial charge in [0, 0.05) is 36.0 Å². The zero-order chi connectivity index (χ0) is 22.2. The standard InChI is InChI=1S/C19H21BrFN3O2S.C2H6/c1-12(2)15(11-20)17(16-9-10-23-19(24-16)27(4,25)26)18(22-3)13-5-7-14(21)8-6-13;1-2/h5-10,12H,11H2,1-4H3;1-2H3/b17-15-,22-18?;. The third kappa shape index (κ3) is 6.54. The van der Waals surface area contributed by atoms with Gasteiger partial charge >= 0.3 is 0 Å². The number of aliphatic imine (C=N–C) groups is 1. The van der Waals surface area contributed by atoms with E-state index in [1.54, 1.807) is 25.2 Å². The minimum absolute atomic E-state index is 0.147. The number of halogens is 2. The van der Waals surface area contributed by atoms with Crippen LogP contribution in [0.3, 0.4) is 0 Å². The van der Waals surface area contributed by atoms with Crippen LogP contribution in [-0.2, 0) is 9.84 Å². The van der Waals surface area contributed by atoms with Crippen LogP contribution in [0.15, 0.2) is 52.3 Å². The van der Waals surface area contributed by atoms with Crippen LogP contribution < -0.4 is 0 Å². The largest absolute Gasteiger partial charge is 0.287 e. The fourth-order valence-electron chi connectivity index (χ4n) is 2.60. The summed E-state index contributed by atoms with van der Waals surface area (Å²) in [6.07, 6.45) is 2.49. The molecule has 0 bridgehead atoms. The second kappa shape index (κ2) is 11.3. The Morgan fingerprint density at radius 2 is 1.76 bits per heavy atom. The van der Waals surface area contributed by atoms with E-state index in [0.29, 0.717) is 27.9 Å². The van der Waals surface area contributed by atoms with E-state index in [2.05, 4.69) is 30.9 Å². The zero-order valence-electron chi connectivity index (χ0n) is 17.6. The summed E-state index contributed by atoms with van der Waals surface area (Å²) in [5.41, 5.74) is 3.49. The van der Waals surface area contributed by atoms with Crippen molar-refractivity contribution < 1.29 is 12.8 Å². The molecule has 0 unspecified atom stereocenters. The van der Waals surface area contributed by atoms with Gasteiger partial charge in [-0.05, 0) is 41.8 Å². The average Bonchev–Trinajstić information content (AvgIpc) is 2.70. The molecule has 0 N–H and O–H groups in total. The summed E-state index contributed by atoms with van der Waals surface area (Å²) >= 11 is 3.52. The lowest BCUT2D eigenvalue weighted by Gasteiger charge is -2.19. The predicted octanol–water partition coefficient (Wildman–Crippen LogP) is 4.97. The van der Waals surface area contributed by atoms with E-state index in [4.69, 9.17) is 0 Å². The number of hydrogen-bond donors (Lipinski definition) is 0. The van der Waals surface area contributed by atoms with Gasteiger partial charge in [-0.25, -0.2) is 22.8 Å². The van der Waals surface area contributed by atoms with Crippen LogP contribution in [0.1, 0.15) is 39.0 Å². The highest BCUT2D eigenvalue weighted by atomic mass is 79.9. The van der Waals surface area contributed by atoms with Crippen LogP contribution in [0.4, 0.5) is 4.39 Å². The molecule has 5 nitrogen and oxygen atoms in total. The smallest absolute Gasteiger partial charge is 0.247 e. The van der Waals surface area contributed by atoms with Gasteiger partial charge in [0.25, 0.3) is 0 Å². The summed E-state index contributed by atoms with van der Waals surface area (Å²) in [5.74, 6) is -0.195. The van der Waals surface area contributed by atoms with Crippen LogP contribution in [0.5, 0.6) is 0 Å². The predicted molar refractivity (Wildman–Crippen MR) is 121 cm³/mol. The minimum Gasteiger partial charge on any atom is -0.287 e. The van der Waals surface area contributed by atoms with Crippen LogP contribution in [0.25, 0.3) is 5.57 Å². The number of allylic oxidation sites excluding steroid dienone is 2. The maximum Gasteiger partial charge on any atom is 0.247 e. The topological polar surface area (TPSA) is 72.3 Å². The van der Waals surface area contributed by atoms with Gasteiger partial charge in [0.1, 0.15) is 5.82 Å².